The van der Waals surface area contributed by atoms with Crippen LogP contribution in [0.25, 0.3) is 0 Å². The van der Waals surface area contributed by atoms with E-state index in [9.17, 15) is 28.4 Å². The Morgan fingerprint density at radius 2 is 1.95 bits per heavy atom. The highest BCUT2D eigenvalue weighted by molar-refractivity contribution is 6.02. The molecule has 3 fully saturated rings. The summed E-state index contributed by atoms with van der Waals surface area (Å²) in [4.78, 5) is 44.0. The number of rotatable bonds is 8. The van der Waals surface area contributed by atoms with Gasteiger partial charge in [-0.2, -0.15) is 5.26 Å². The Hall–Kier alpha value is -4.08. The first kappa shape index (κ1) is 27.1. The lowest BCUT2D eigenvalue weighted by atomic mass is 9.97. The number of ether oxygens (including phenoxy) is 1. The molecule has 13 heteroatoms. The third-order valence-corrected chi connectivity index (χ3v) is 8.57. The standard InChI is InChI=1S/C28H31F2N7O4/c1-15-13-37(34-33-15)22(8-17-5-6-17)25(38)35(2)21(7-16-3-4-16)26(39)36-14-28(11-19(36)12-31)27(40)32-24-20(30)9-18(29)10-23(24)41-28/h9-10,13,16-17,19,21-22H,3-8,11,14H2,1-2H3,(H,32,40)/t19-,21-,22-,28+/m0/s1. The van der Waals surface area contributed by atoms with Crippen molar-refractivity contribution >= 4 is 23.4 Å². The van der Waals surface area contributed by atoms with Crippen LogP contribution < -0.4 is 10.1 Å². The van der Waals surface area contributed by atoms with Gasteiger partial charge >= 0.3 is 0 Å². The van der Waals surface area contributed by atoms with E-state index in [1.807, 2.05) is 0 Å². The van der Waals surface area contributed by atoms with Crippen molar-refractivity contribution in [1.82, 2.24) is 24.8 Å². The van der Waals surface area contributed by atoms with E-state index >= 15 is 0 Å². The van der Waals surface area contributed by atoms with Gasteiger partial charge in [0.25, 0.3) is 5.91 Å². The molecule has 6 rings (SSSR count). The molecule has 1 spiro atoms. The number of benzene rings is 1. The van der Waals surface area contributed by atoms with Gasteiger partial charge in [-0.1, -0.05) is 30.9 Å². The van der Waals surface area contributed by atoms with E-state index in [1.165, 1.54) is 9.80 Å². The number of halogens is 2. The molecule has 0 radical (unpaired) electrons. The number of hydrogen-bond donors (Lipinski definition) is 1. The van der Waals surface area contributed by atoms with Gasteiger partial charge in [0, 0.05) is 31.8 Å². The number of aromatic nitrogens is 3. The summed E-state index contributed by atoms with van der Waals surface area (Å²) >= 11 is 0. The Morgan fingerprint density at radius 1 is 1.24 bits per heavy atom. The molecular weight excluding hydrogens is 536 g/mol. The van der Waals surface area contributed by atoms with Gasteiger partial charge in [-0.05, 0) is 31.6 Å². The number of hydrogen-bond acceptors (Lipinski definition) is 7. The molecule has 1 aromatic heterocycles. The number of nitrogens with zero attached hydrogens (tertiary/aromatic N) is 6. The van der Waals surface area contributed by atoms with E-state index in [1.54, 1.807) is 24.9 Å². The molecule has 3 amide bonds. The van der Waals surface area contributed by atoms with Gasteiger partial charge in [0.2, 0.25) is 17.4 Å². The lowest BCUT2D eigenvalue weighted by Gasteiger charge is -2.36. The zero-order valence-electron chi connectivity index (χ0n) is 22.8. The Labute approximate surface area is 235 Å². The molecule has 1 aromatic carbocycles. The summed E-state index contributed by atoms with van der Waals surface area (Å²) in [5.74, 6) is -2.87. The zero-order chi connectivity index (χ0) is 29.1. The van der Waals surface area contributed by atoms with Crippen molar-refractivity contribution in [2.24, 2.45) is 11.8 Å². The fourth-order valence-electron chi connectivity index (χ4n) is 5.88. The molecule has 3 heterocycles. The van der Waals surface area contributed by atoms with Gasteiger partial charge in [0.15, 0.2) is 11.6 Å². The van der Waals surface area contributed by atoms with Gasteiger partial charge in [-0.15, -0.1) is 5.10 Å². The molecule has 1 N–H and O–H groups in total. The second-order valence-corrected chi connectivity index (χ2v) is 11.8. The van der Waals surface area contributed by atoms with Crippen LogP contribution in [-0.4, -0.2) is 73.8 Å². The second kappa shape index (κ2) is 10.1. The smallest absolute Gasteiger partial charge is 0.270 e. The van der Waals surface area contributed by atoms with Crippen molar-refractivity contribution in [2.75, 3.05) is 18.9 Å². The number of fused-ring (bicyclic) bond motifs is 1. The number of carbonyl (C=O) groups is 3. The van der Waals surface area contributed by atoms with Crippen molar-refractivity contribution in [2.45, 2.75) is 75.6 Å². The largest absolute Gasteiger partial charge is 0.473 e. The summed E-state index contributed by atoms with van der Waals surface area (Å²) < 4.78 is 35.7. The first-order valence-electron chi connectivity index (χ1n) is 13.9. The summed E-state index contributed by atoms with van der Waals surface area (Å²) in [5, 5.41) is 20.6. The Kier molecular flexibility index (Phi) is 6.66. The average molecular weight is 568 g/mol. The highest BCUT2D eigenvalue weighted by Crippen LogP contribution is 2.43. The minimum atomic E-state index is -1.71. The molecule has 0 unspecified atom stereocenters. The van der Waals surface area contributed by atoms with E-state index in [0.29, 0.717) is 30.5 Å². The first-order chi connectivity index (χ1) is 19.6. The summed E-state index contributed by atoms with van der Waals surface area (Å²) in [5.41, 5.74) is -1.32. The van der Waals surface area contributed by atoms with Gasteiger partial charge in [0.05, 0.1) is 18.3 Å². The maximum absolute atomic E-state index is 14.3. The Morgan fingerprint density at radius 3 is 2.59 bits per heavy atom. The molecule has 11 nitrogen and oxygen atoms in total. The maximum Gasteiger partial charge on any atom is 0.270 e. The number of likely N-dealkylation sites (tertiary alicyclic amines) is 1. The van der Waals surface area contributed by atoms with E-state index in [0.717, 1.165) is 31.7 Å². The van der Waals surface area contributed by atoms with Crippen molar-refractivity contribution in [3.8, 4) is 11.8 Å². The predicted octanol–water partition coefficient (Wildman–Crippen LogP) is 2.73. The Bertz CT molecular complexity index is 1450. The topological polar surface area (TPSA) is 133 Å². The number of aryl methyl sites for hydroxylation is 1. The molecule has 2 aliphatic carbocycles. The van der Waals surface area contributed by atoms with Gasteiger partial charge in [-0.3, -0.25) is 14.4 Å². The maximum atomic E-state index is 14.3. The Balaban J connectivity index is 1.27. The van der Waals surface area contributed by atoms with Crippen LogP contribution in [0.15, 0.2) is 18.3 Å². The van der Waals surface area contributed by atoms with E-state index < -0.39 is 47.2 Å². The summed E-state index contributed by atoms with van der Waals surface area (Å²) in [6.07, 6.45) is 6.47. The second-order valence-electron chi connectivity index (χ2n) is 11.8. The number of carbonyl (C=O) groups excluding carboxylic acids is 3. The average Bonchev–Trinajstić information content (AvgIpc) is 3.86. The fourth-order valence-corrected chi connectivity index (χ4v) is 5.88. The van der Waals surface area contributed by atoms with Crippen LogP contribution in [0.4, 0.5) is 14.5 Å². The lowest BCUT2D eigenvalue weighted by molar-refractivity contribution is -0.148. The summed E-state index contributed by atoms with van der Waals surface area (Å²) in [6.45, 7) is 1.49. The molecule has 0 bridgehead atoms. The van der Waals surface area contributed by atoms with Crippen LogP contribution in [0, 0.1) is 41.7 Å². The fraction of sp³-hybridized carbons (Fsp3) is 0.571. The van der Waals surface area contributed by atoms with Crippen LogP contribution in [0.3, 0.4) is 0 Å². The SMILES string of the molecule is Cc1cn([C@@H](CC2CC2)C(=O)N(C)[C@@H](CC2CC2)C(=O)N2C[C@@]3(C[C@H]2C#N)Oc2cc(F)cc(F)c2NC3=O)nn1. The number of nitriles is 1. The van der Waals surface area contributed by atoms with Crippen molar-refractivity contribution in [1.29, 1.82) is 5.26 Å². The zero-order valence-corrected chi connectivity index (χ0v) is 22.8. The van der Waals surface area contributed by atoms with Crippen LogP contribution in [-0.2, 0) is 14.4 Å². The molecule has 2 aliphatic heterocycles. The summed E-state index contributed by atoms with van der Waals surface area (Å²) in [7, 11) is 1.59. The van der Waals surface area contributed by atoms with Gasteiger partial charge in [0.1, 0.15) is 29.6 Å². The van der Waals surface area contributed by atoms with Crippen molar-refractivity contribution in [3.63, 3.8) is 0 Å². The predicted molar refractivity (Wildman–Crippen MR) is 139 cm³/mol. The van der Waals surface area contributed by atoms with Gasteiger partial charge in [-0.25, -0.2) is 13.5 Å². The third kappa shape index (κ3) is 5.11. The normalized spacial score (nSPS) is 24.7. The summed E-state index contributed by atoms with van der Waals surface area (Å²) in [6, 6.07) is 1.14. The number of likely N-dealkylation sites (N-methyl/N-ethyl adjacent to an activating group) is 1. The van der Waals surface area contributed by atoms with Crippen LogP contribution in [0.2, 0.25) is 0 Å². The van der Waals surface area contributed by atoms with Crippen LogP contribution in [0.5, 0.6) is 5.75 Å². The highest BCUT2D eigenvalue weighted by atomic mass is 19.1. The molecule has 2 saturated carbocycles. The molecule has 4 atom stereocenters. The monoisotopic (exact) mass is 567 g/mol. The molecule has 1 saturated heterocycles. The molecule has 2 aromatic rings. The van der Waals surface area contributed by atoms with E-state index in [-0.39, 0.29) is 36.2 Å². The molecule has 216 valence electrons. The number of anilines is 1. The van der Waals surface area contributed by atoms with Crippen LogP contribution in [0.1, 0.15) is 56.7 Å². The minimum absolute atomic E-state index is 0.186. The highest BCUT2D eigenvalue weighted by Gasteiger charge is 2.57. The molecular formula is C28H31F2N7O4. The van der Waals surface area contributed by atoms with Gasteiger partial charge < -0.3 is 19.9 Å². The third-order valence-electron chi connectivity index (χ3n) is 8.57. The number of nitrogens with one attached hydrogen (secondary N) is 1. The quantitative estimate of drug-likeness (QED) is 0.519. The lowest BCUT2D eigenvalue weighted by Crippen LogP contribution is -2.56. The first-order valence-corrected chi connectivity index (χ1v) is 13.9. The molecule has 41 heavy (non-hydrogen) atoms. The van der Waals surface area contributed by atoms with E-state index in [2.05, 4.69) is 21.7 Å². The van der Waals surface area contributed by atoms with Crippen LogP contribution >= 0.6 is 0 Å². The van der Waals surface area contributed by atoms with Crippen molar-refractivity contribution < 1.29 is 27.9 Å². The number of amides is 3. The van der Waals surface area contributed by atoms with Crippen molar-refractivity contribution in [3.05, 3.63) is 35.7 Å². The molecule has 4 aliphatic rings. The minimum Gasteiger partial charge on any atom is -0.473 e. The van der Waals surface area contributed by atoms with E-state index in [4.69, 9.17) is 4.74 Å².